The predicted octanol–water partition coefficient (Wildman–Crippen LogP) is 10.2. The van der Waals surface area contributed by atoms with Crippen LogP contribution in [0.15, 0.2) is 72.8 Å². The van der Waals surface area contributed by atoms with Gasteiger partial charge in [-0.2, -0.15) is 0 Å². The van der Waals surface area contributed by atoms with E-state index in [0.717, 1.165) is 90.7 Å². The number of hydrogen-bond donors (Lipinski definition) is 3. The lowest BCUT2D eigenvalue weighted by molar-refractivity contribution is -0.120. The van der Waals surface area contributed by atoms with Gasteiger partial charge in [-0.05, 0) is 127 Å². The lowest BCUT2D eigenvalue weighted by atomic mass is 9.67. The number of nitrogens with zero attached hydrogens (tertiary/aromatic N) is 3. The molecular formula is C64H71ClN5O7+. The number of unbranched alkanes of at least 4 members (excludes halogenated alkanes) is 1. The Balaban J connectivity index is 0.880. The Morgan fingerprint density at radius 1 is 0.727 bits per heavy atom. The number of ether oxygens (including phenoxy) is 2. The maximum atomic E-state index is 14.0. The maximum absolute atomic E-state index is 14.0. The number of carboxylic acids is 1. The minimum atomic E-state index is -1.11. The number of rotatable bonds is 12. The van der Waals surface area contributed by atoms with Gasteiger partial charge in [-0.3, -0.25) is 19.0 Å². The van der Waals surface area contributed by atoms with Gasteiger partial charge in [0.15, 0.2) is 0 Å². The number of carboxylic acid groups (broad SMARTS) is 1. The van der Waals surface area contributed by atoms with E-state index in [1.807, 2.05) is 25.1 Å². The summed E-state index contributed by atoms with van der Waals surface area (Å²) in [5.74, 6) is 0.329. The summed E-state index contributed by atoms with van der Waals surface area (Å²) in [6, 6.07) is 21.9. The molecule has 0 aliphatic carbocycles. The van der Waals surface area contributed by atoms with E-state index in [1.54, 1.807) is 48.1 Å². The van der Waals surface area contributed by atoms with Crippen LogP contribution in [0.3, 0.4) is 0 Å². The van der Waals surface area contributed by atoms with Crippen LogP contribution in [0.4, 0.5) is 5.69 Å². The topological polar surface area (TPSA) is 142 Å². The van der Waals surface area contributed by atoms with Crippen LogP contribution in [0.5, 0.6) is 17.2 Å². The van der Waals surface area contributed by atoms with Gasteiger partial charge in [-0.1, -0.05) is 73.1 Å². The number of aromatic nitrogens is 1. The third-order valence-corrected chi connectivity index (χ3v) is 18.1. The number of benzene rings is 5. The van der Waals surface area contributed by atoms with Crippen LogP contribution in [0.1, 0.15) is 170 Å². The van der Waals surface area contributed by atoms with Gasteiger partial charge in [-0.15, -0.1) is 0 Å². The van der Waals surface area contributed by atoms with E-state index in [0.29, 0.717) is 59.0 Å². The zero-order chi connectivity index (χ0) is 54.7. The van der Waals surface area contributed by atoms with Gasteiger partial charge >= 0.3 is 5.97 Å². The van der Waals surface area contributed by atoms with Crippen LogP contribution in [0, 0.1) is 6.92 Å². The highest BCUT2D eigenvalue weighted by Crippen LogP contribution is 2.57. The molecule has 5 aromatic carbocycles. The first kappa shape index (κ1) is 52.1. The standard InChI is InChI=1S/C64H70ClN5O7/c1-36-42(43-32-40(76-10)18-20-49(43)70(36)59(73)37-13-16-39(65)17-14-37)35-50(71)66-25-11-12-26-67-58(72)38-15-19-41(44(31-38)60(74)75)51-45-33-47-54-52(63(6,7)23-29-68(54)27-21-61(47,2)3)56(45)77-57-46(51)34-48-55-53(57)64(8,9)24-30-69(55)28-22-62(48,4)5/h13-20,31-34H,11-12,21-30,35H2,1-10H3,(H2-,66,67,71,72,74,75)/p+1. The van der Waals surface area contributed by atoms with Crippen LogP contribution >= 0.6 is 11.6 Å². The lowest BCUT2D eigenvalue weighted by Crippen LogP contribution is -2.54. The molecular weight excluding hydrogens is 986 g/mol. The summed E-state index contributed by atoms with van der Waals surface area (Å²) in [7, 11) is 1.58. The predicted molar refractivity (Wildman–Crippen MR) is 304 cm³/mol. The molecule has 13 heteroatoms. The number of halogens is 1. The summed E-state index contributed by atoms with van der Waals surface area (Å²) >= 11 is 6.11. The largest absolute Gasteiger partial charge is 0.497 e. The van der Waals surface area contributed by atoms with E-state index in [9.17, 15) is 24.3 Å². The van der Waals surface area contributed by atoms with E-state index in [-0.39, 0.29) is 56.9 Å². The number of carbonyl (C=O) groups is 4. The smallest absolute Gasteiger partial charge is 0.336 e. The molecule has 77 heavy (non-hydrogen) atoms. The number of carbonyl (C=O) groups excluding carboxylic acids is 3. The Bertz CT molecular complexity index is 3650. The zero-order valence-corrected chi connectivity index (χ0v) is 47.0. The quantitative estimate of drug-likeness (QED) is 0.0811. The first-order valence-electron chi connectivity index (χ1n) is 27.4. The maximum Gasteiger partial charge on any atom is 0.336 e. The first-order valence-corrected chi connectivity index (χ1v) is 27.8. The van der Waals surface area contributed by atoms with Gasteiger partial charge in [0.05, 0.1) is 30.2 Å². The Hall–Kier alpha value is -6.92. The molecule has 3 N–H and O–H groups in total. The minimum absolute atomic E-state index is 0.0499. The van der Waals surface area contributed by atoms with E-state index in [1.165, 1.54) is 39.4 Å². The highest BCUT2D eigenvalue weighted by molar-refractivity contribution is 6.30. The summed E-state index contributed by atoms with van der Waals surface area (Å²) in [5, 5.41) is 20.7. The van der Waals surface area contributed by atoms with E-state index in [4.69, 9.17) is 21.1 Å². The second-order valence-corrected chi connectivity index (χ2v) is 25.1. The van der Waals surface area contributed by atoms with Crippen molar-refractivity contribution >= 4 is 57.5 Å². The minimum Gasteiger partial charge on any atom is -0.497 e. The molecule has 6 aromatic rings. The Labute approximate surface area is 456 Å². The molecule has 0 saturated carbocycles. The molecule has 6 heterocycles. The molecule has 5 aliphatic heterocycles. The summed E-state index contributed by atoms with van der Waals surface area (Å²) in [4.78, 5) is 57.6. The second kappa shape index (κ2) is 18.9. The molecule has 2 amide bonds. The second-order valence-electron chi connectivity index (χ2n) is 24.7. The molecule has 0 radical (unpaired) electrons. The lowest BCUT2D eigenvalue weighted by Gasteiger charge is -2.49. The molecule has 11 rings (SSSR count). The summed E-state index contributed by atoms with van der Waals surface area (Å²) in [6.45, 7) is 25.0. The van der Waals surface area contributed by atoms with Crippen LogP contribution in [-0.4, -0.2) is 79.7 Å². The zero-order valence-electron chi connectivity index (χ0n) is 46.2. The SMILES string of the molecule is COc1ccc2c(c1)c(CC(=O)NCCCCNC(=O)c1ccc(C3=c4cc5c6c(c4Oc4c3cc3c7c4C(C)(C)CCN7CCC3(C)C)C(C)(C)CC[N+]=6CCC5(C)C)c(C(=O)O)c1)c(C)n2C(=O)c1ccc(Cl)cc1. The van der Waals surface area contributed by atoms with Crippen molar-refractivity contribution < 1.29 is 33.8 Å². The number of aromatic carboxylic acids is 1. The number of amides is 2. The van der Waals surface area contributed by atoms with Crippen molar-refractivity contribution in [2.45, 2.75) is 129 Å². The molecule has 1 aromatic heterocycles. The van der Waals surface area contributed by atoms with E-state index in [2.05, 4.69) is 87.6 Å². The molecule has 0 spiro atoms. The molecule has 0 saturated heterocycles. The fourth-order valence-electron chi connectivity index (χ4n) is 13.1. The normalized spacial score (nSPS) is 17.8. The molecule has 0 unspecified atom stereocenters. The highest BCUT2D eigenvalue weighted by Gasteiger charge is 2.48. The van der Waals surface area contributed by atoms with Crippen molar-refractivity contribution in [1.29, 1.82) is 0 Å². The van der Waals surface area contributed by atoms with Crippen LogP contribution in [0.25, 0.3) is 16.5 Å². The molecule has 12 nitrogen and oxygen atoms in total. The Morgan fingerprint density at radius 3 is 2.08 bits per heavy atom. The van der Waals surface area contributed by atoms with Gasteiger partial charge in [0, 0.05) is 110 Å². The highest BCUT2D eigenvalue weighted by atomic mass is 35.5. The summed E-state index contributed by atoms with van der Waals surface area (Å²) in [5.41, 5.74) is 10.6. The number of anilines is 1. The molecule has 0 bridgehead atoms. The van der Waals surface area contributed by atoms with Crippen LogP contribution < -0.4 is 40.2 Å². The van der Waals surface area contributed by atoms with E-state index >= 15 is 0 Å². The third-order valence-electron chi connectivity index (χ3n) is 17.9. The van der Waals surface area contributed by atoms with Gasteiger partial charge < -0.3 is 30.1 Å². The van der Waals surface area contributed by atoms with Crippen molar-refractivity contribution in [3.63, 3.8) is 0 Å². The monoisotopic (exact) mass is 1060 g/mol. The van der Waals surface area contributed by atoms with Crippen molar-refractivity contribution in [3.05, 3.63) is 150 Å². The number of methoxy groups -OCH3 is 1. The van der Waals surface area contributed by atoms with Crippen LogP contribution in [-0.2, 0) is 32.9 Å². The number of fused-ring (bicyclic) bond motifs is 5. The van der Waals surface area contributed by atoms with Gasteiger partial charge in [0.25, 0.3) is 11.8 Å². The van der Waals surface area contributed by atoms with Crippen molar-refractivity contribution in [3.8, 4) is 17.2 Å². The Kier molecular flexibility index (Phi) is 12.8. The molecule has 0 atom stereocenters. The van der Waals surface area contributed by atoms with Gasteiger partial charge in [0.1, 0.15) is 30.3 Å². The average Bonchev–Trinajstić information content (AvgIpc) is 3.69. The van der Waals surface area contributed by atoms with Gasteiger partial charge in [0.2, 0.25) is 11.3 Å². The molecule has 0 fully saturated rings. The van der Waals surface area contributed by atoms with Crippen LogP contribution in [0.2, 0.25) is 5.02 Å². The number of hydrogen-bond acceptors (Lipinski definition) is 7. The Morgan fingerprint density at radius 2 is 1.38 bits per heavy atom. The van der Waals surface area contributed by atoms with Gasteiger partial charge in [-0.25, -0.2) is 9.37 Å². The van der Waals surface area contributed by atoms with Crippen molar-refractivity contribution in [1.82, 2.24) is 19.8 Å². The third kappa shape index (κ3) is 8.79. The molecule has 400 valence electrons. The number of nitrogens with one attached hydrogen (secondary N) is 2. The average molecular weight is 1060 g/mol. The fourth-order valence-corrected chi connectivity index (χ4v) is 13.2. The summed E-state index contributed by atoms with van der Waals surface area (Å²) < 4.78 is 17.3. The molecule has 5 aliphatic rings. The summed E-state index contributed by atoms with van der Waals surface area (Å²) in [6.07, 6.45) is 5.13. The first-order chi connectivity index (χ1) is 36.5. The van der Waals surface area contributed by atoms with Crippen molar-refractivity contribution in [2.75, 3.05) is 51.3 Å². The van der Waals surface area contributed by atoms with E-state index < -0.39 is 5.97 Å². The fraction of sp³-hybridized carbons (Fsp3) is 0.422. The van der Waals surface area contributed by atoms with Crippen molar-refractivity contribution in [2.24, 2.45) is 0 Å².